The van der Waals surface area contributed by atoms with Crippen LogP contribution in [-0.2, 0) is 11.3 Å². The predicted octanol–water partition coefficient (Wildman–Crippen LogP) is 3.46. The molecular formula is C24H30F2N6O2. The zero-order valence-corrected chi connectivity index (χ0v) is 19.1. The van der Waals surface area contributed by atoms with Gasteiger partial charge in [-0.25, -0.2) is 13.8 Å². The molecule has 0 spiro atoms. The summed E-state index contributed by atoms with van der Waals surface area (Å²) in [6.45, 7) is 1.85. The van der Waals surface area contributed by atoms with Crippen LogP contribution >= 0.6 is 0 Å². The van der Waals surface area contributed by atoms with E-state index >= 15 is 0 Å². The van der Waals surface area contributed by atoms with Crippen LogP contribution in [0.3, 0.4) is 0 Å². The van der Waals surface area contributed by atoms with Gasteiger partial charge in [-0.3, -0.25) is 9.59 Å². The Balaban J connectivity index is 1.39. The van der Waals surface area contributed by atoms with Crippen LogP contribution in [0.15, 0.2) is 24.4 Å². The minimum absolute atomic E-state index is 0.00717. The summed E-state index contributed by atoms with van der Waals surface area (Å²) >= 11 is 0. The summed E-state index contributed by atoms with van der Waals surface area (Å²) in [5.74, 6) is -0.543. The number of nitrogens with zero attached hydrogens (tertiary/aromatic N) is 3. The molecule has 0 radical (unpaired) electrons. The number of hydrogen-bond donors (Lipinski definition) is 3. The van der Waals surface area contributed by atoms with Gasteiger partial charge in [0.1, 0.15) is 23.0 Å². The highest BCUT2D eigenvalue weighted by atomic mass is 19.1. The van der Waals surface area contributed by atoms with Gasteiger partial charge in [-0.05, 0) is 43.9 Å². The molecule has 1 aromatic heterocycles. The number of hydrogen-bond acceptors (Lipinski definition) is 6. The molecule has 8 nitrogen and oxygen atoms in total. The van der Waals surface area contributed by atoms with Gasteiger partial charge in [-0.15, -0.1) is 0 Å². The monoisotopic (exact) mass is 472 g/mol. The number of carbonyl (C=O) groups is 2. The number of rotatable bonds is 10. The molecule has 2 heterocycles. The van der Waals surface area contributed by atoms with E-state index in [-0.39, 0.29) is 35.9 Å². The first-order valence-electron chi connectivity index (χ1n) is 11.9. The second-order valence-corrected chi connectivity index (χ2v) is 8.76. The highest BCUT2D eigenvalue weighted by molar-refractivity contribution is 5.98. The Morgan fingerprint density at radius 1 is 1.18 bits per heavy atom. The molecule has 10 heteroatoms. The Hall–Kier alpha value is -3.30. The molecule has 2 aromatic rings. The number of carbonyl (C=O) groups excluding carboxylic acids is 2. The van der Waals surface area contributed by atoms with Crippen molar-refractivity contribution in [3.05, 3.63) is 47.2 Å². The number of nitrogens with one attached hydrogen (secondary N) is 3. The van der Waals surface area contributed by atoms with Crippen molar-refractivity contribution in [2.45, 2.75) is 57.5 Å². The van der Waals surface area contributed by atoms with Gasteiger partial charge in [-0.2, -0.15) is 4.98 Å². The van der Waals surface area contributed by atoms with Crippen molar-refractivity contribution in [1.82, 2.24) is 20.2 Å². The van der Waals surface area contributed by atoms with Crippen LogP contribution in [0.5, 0.6) is 0 Å². The molecule has 1 aromatic carbocycles. The van der Waals surface area contributed by atoms with Crippen LogP contribution in [0.1, 0.15) is 60.9 Å². The highest BCUT2D eigenvalue weighted by Crippen LogP contribution is 2.24. The molecule has 2 fully saturated rings. The lowest BCUT2D eigenvalue weighted by Gasteiger charge is -2.18. The fourth-order valence-electron chi connectivity index (χ4n) is 4.37. The van der Waals surface area contributed by atoms with Crippen molar-refractivity contribution in [1.29, 1.82) is 0 Å². The van der Waals surface area contributed by atoms with Crippen molar-refractivity contribution in [2.24, 2.45) is 0 Å². The summed E-state index contributed by atoms with van der Waals surface area (Å²) in [6.07, 6.45) is 7.82. The molecule has 1 saturated heterocycles. The van der Waals surface area contributed by atoms with Crippen molar-refractivity contribution >= 4 is 23.6 Å². The Morgan fingerprint density at radius 3 is 2.76 bits per heavy atom. The number of aromatic nitrogens is 2. The van der Waals surface area contributed by atoms with E-state index in [0.29, 0.717) is 37.3 Å². The van der Waals surface area contributed by atoms with Gasteiger partial charge in [-0.1, -0.05) is 12.8 Å². The molecule has 0 bridgehead atoms. The first-order chi connectivity index (χ1) is 16.5. The van der Waals surface area contributed by atoms with Crippen LogP contribution in [0.4, 0.5) is 20.5 Å². The molecule has 1 aliphatic heterocycles. The quantitative estimate of drug-likeness (QED) is 0.458. The summed E-state index contributed by atoms with van der Waals surface area (Å²) < 4.78 is 27.4. The second kappa shape index (κ2) is 11.2. The topological polar surface area (TPSA) is 99.2 Å². The minimum atomic E-state index is -0.524. The standard InChI is InChI=1S/C24H30F2N6O2/c25-17-8-9-20(26)16(13-17)14-28-24-29-15-19(22(31-24)30-18-5-1-2-6-18)23(34)27-10-4-12-32-11-3-7-21(32)33/h8-9,13,15,18H,1-7,10-12,14H2,(H,27,34)(H2,28,29,30,31). The Morgan fingerprint density at radius 2 is 2.00 bits per heavy atom. The van der Waals surface area contributed by atoms with E-state index in [4.69, 9.17) is 0 Å². The third-order valence-corrected chi connectivity index (χ3v) is 6.24. The van der Waals surface area contributed by atoms with Gasteiger partial charge in [0.05, 0.1) is 0 Å². The average Bonchev–Trinajstić information content (AvgIpc) is 3.49. The summed E-state index contributed by atoms with van der Waals surface area (Å²) in [7, 11) is 0. The van der Waals surface area contributed by atoms with Crippen molar-refractivity contribution in [2.75, 3.05) is 30.3 Å². The zero-order chi connectivity index (χ0) is 23.9. The lowest BCUT2D eigenvalue weighted by Crippen LogP contribution is -2.31. The van der Waals surface area contributed by atoms with Crippen molar-refractivity contribution in [3.63, 3.8) is 0 Å². The summed E-state index contributed by atoms with van der Waals surface area (Å²) in [5.41, 5.74) is 0.485. The summed E-state index contributed by atoms with van der Waals surface area (Å²) in [4.78, 5) is 35.1. The van der Waals surface area contributed by atoms with E-state index in [1.165, 1.54) is 6.20 Å². The maximum Gasteiger partial charge on any atom is 0.256 e. The highest BCUT2D eigenvalue weighted by Gasteiger charge is 2.22. The molecule has 0 atom stereocenters. The molecule has 1 saturated carbocycles. The number of anilines is 2. The van der Waals surface area contributed by atoms with E-state index in [0.717, 1.165) is 56.8 Å². The first-order valence-corrected chi connectivity index (χ1v) is 11.9. The average molecular weight is 473 g/mol. The predicted molar refractivity (Wildman–Crippen MR) is 124 cm³/mol. The van der Waals surface area contributed by atoms with Crippen LogP contribution in [-0.4, -0.2) is 52.4 Å². The number of amides is 2. The lowest BCUT2D eigenvalue weighted by atomic mass is 10.2. The summed E-state index contributed by atoms with van der Waals surface area (Å²) in [5, 5.41) is 9.15. The molecule has 1 aliphatic carbocycles. The molecular weight excluding hydrogens is 442 g/mol. The second-order valence-electron chi connectivity index (χ2n) is 8.76. The largest absolute Gasteiger partial charge is 0.367 e. The fraction of sp³-hybridized carbons (Fsp3) is 0.500. The molecule has 4 rings (SSSR count). The van der Waals surface area contributed by atoms with E-state index < -0.39 is 11.6 Å². The Bertz CT molecular complexity index is 1030. The van der Waals surface area contributed by atoms with E-state index in [9.17, 15) is 18.4 Å². The number of halogens is 2. The van der Waals surface area contributed by atoms with E-state index in [2.05, 4.69) is 25.9 Å². The SMILES string of the molecule is O=C(NCCCN1CCCC1=O)c1cnc(NCc2cc(F)ccc2F)nc1NC1CCCC1. The van der Waals surface area contributed by atoms with Crippen LogP contribution < -0.4 is 16.0 Å². The third kappa shape index (κ3) is 6.18. The van der Waals surface area contributed by atoms with Gasteiger partial charge in [0, 0.05) is 50.4 Å². The maximum absolute atomic E-state index is 13.9. The van der Waals surface area contributed by atoms with Gasteiger partial charge in [0.15, 0.2) is 0 Å². The van der Waals surface area contributed by atoms with Crippen LogP contribution in [0.25, 0.3) is 0 Å². The van der Waals surface area contributed by atoms with Gasteiger partial charge < -0.3 is 20.9 Å². The minimum Gasteiger partial charge on any atom is -0.367 e. The first kappa shape index (κ1) is 23.8. The summed E-state index contributed by atoms with van der Waals surface area (Å²) in [6, 6.07) is 3.48. The zero-order valence-electron chi connectivity index (χ0n) is 19.1. The third-order valence-electron chi connectivity index (χ3n) is 6.24. The van der Waals surface area contributed by atoms with E-state index in [1.54, 1.807) is 0 Å². The Labute approximate surface area is 197 Å². The number of likely N-dealkylation sites (tertiary alicyclic amines) is 1. The number of benzene rings is 1. The lowest BCUT2D eigenvalue weighted by molar-refractivity contribution is -0.127. The molecule has 2 amide bonds. The molecule has 2 aliphatic rings. The van der Waals surface area contributed by atoms with E-state index in [1.807, 2.05) is 4.90 Å². The molecule has 182 valence electrons. The van der Waals surface area contributed by atoms with Crippen LogP contribution in [0.2, 0.25) is 0 Å². The Kier molecular flexibility index (Phi) is 7.87. The van der Waals surface area contributed by atoms with Gasteiger partial charge >= 0.3 is 0 Å². The fourth-order valence-corrected chi connectivity index (χ4v) is 4.37. The van der Waals surface area contributed by atoms with Crippen molar-refractivity contribution < 1.29 is 18.4 Å². The van der Waals surface area contributed by atoms with Crippen molar-refractivity contribution in [3.8, 4) is 0 Å². The molecule has 3 N–H and O–H groups in total. The normalized spacial score (nSPS) is 16.2. The molecule has 0 unspecified atom stereocenters. The van der Waals surface area contributed by atoms with Gasteiger partial charge in [0.25, 0.3) is 5.91 Å². The van der Waals surface area contributed by atoms with Crippen LogP contribution in [0, 0.1) is 11.6 Å². The molecule has 34 heavy (non-hydrogen) atoms. The van der Waals surface area contributed by atoms with Gasteiger partial charge in [0.2, 0.25) is 11.9 Å². The maximum atomic E-state index is 13.9. The smallest absolute Gasteiger partial charge is 0.256 e.